The molecule has 3 heteroatoms. The van der Waals surface area contributed by atoms with Crippen molar-refractivity contribution in [3.8, 4) is 5.75 Å². The number of carbonyl (C=O) groups excluding carboxylic acids is 1. The van der Waals surface area contributed by atoms with E-state index in [9.17, 15) is 4.79 Å². The minimum absolute atomic E-state index is 0.0332. The Hall–Kier alpha value is -2.29. The summed E-state index contributed by atoms with van der Waals surface area (Å²) in [5.41, 5.74) is 4.11. The summed E-state index contributed by atoms with van der Waals surface area (Å²) in [7, 11) is 0. The molecule has 2 aromatic carbocycles. The minimum Gasteiger partial charge on any atom is -0.492 e. The van der Waals surface area contributed by atoms with Crippen molar-refractivity contribution in [2.75, 3.05) is 11.9 Å². The highest BCUT2D eigenvalue weighted by Gasteiger charge is 2.09. The fourth-order valence-corrected chi connectivity index (χ4v) is 2.26. The third kappa shape index (κ3) is 4.09. The van der Waals surface area contributed by atoms with E-state index >= 15 is 0 Å². The Morgan fingerprint density at radius 1 is 1.14 bits per heavy atom. The topological polar surface area (TPSA) is 38.3 Å². The highest BCUT2D eigenvalue weighted by Crippen LogP contribution is 2.24. The summed E-state index contributed by atoms with van der Waals surface area (Å²) in [5, 5.41) is 2.92. The standard InChI is InChI=1S/C18H21NO2/c1-4-21-17-8-6-5-7-16(17)19-18(20)12-15-10-9-13(2)11-14(15)3/h5-11H,4,12H2,1-3H3,(H,19,20). The van der Waals surface area contributed by atoms with Gasteiger partial charge in [-0.3, -0.25) is 4.79 Å². The molecule has 0 aliphatic rings. The van der Waals surface area contributed by atoms with E-state index in [1.54, 1.807) is 0 Å². The molecule has 0 unspecified atom stereocenters. The first-order valence-electron chi connectivity index (χ1n) is 7.18. The van der Waals surface area contributed by atoms with Gasteiger partial charge in [0.1, 0.15) is 5.75 Å². The van der Waals surface area contributed by atoms with Gasteiger partial charge >= 0.3 is 0 Å². The van der Waals surface area contributed by atoms with Crippen LogP contribution in [-0.4, -0.2) is 12.5 Å². The van der Waals surface area contributed by atoms with Crippen molar-refractivity contribution in [3.05, 3.63) is 59.2 Å². The number of hydrogen-bond acceptors (Lipinski definition) is 2. The molecule has 2 aromatic rings. The summed E-state index contributed by atoms with van der Waals surface area (Å²) in [5.74, 6) is 0.670. The number of rotatable bonds is 5. The van der Waals surface area contributed by atoms with E-state index in [0.717, 1.165) is 11.1 Å². The van der Waals surface area contributed by atoms with Crippen LogP contribution in [0.2, 0.25) is 0 Å². The van der Waals surface area contributed by atoms with Gasteiger partial charge in [-0.1, -0.05) is 35.9 Å². The van der Waals surface area contributed by atoms with Crippen molar-refractivity contribution in [3.63, 3.8) is 0 Å². The molecule has 0 atom stereocenters. The summed E-state index contributed by atoms with van der Waals surface area (Å²) >= 11 is 0. The zero-order valence-corrected chi connectivity index (χ0v) is 12.8. The van der Waals surface area contributed by atoms with Crippen LogP contribution < -0.4 is 10.1 Å². The van der Waals surface area contributed by atoms with Crippen molar-refractivity contribution >= 4 is 11.6 Å². The smallest absolute Gasteiger partial charge is 0.228 e. The van der Waals surface area contributed by atoms with Crippen LogP contribution in [0.25, 0.3) is 0 Å². The molecule has 0 aromatic heterocycles. The monoisotopic (exact) mass is 283 g/mol. The van der Waals surface area contributed by atoms with Crippen LogP contribution in [0.15, 0.2) is 42.5 Å². The Balaban J connectivity index is 2.08. The first-order valence-corrected chi connectivity index (χ1v) is 7.18. The van der Waals surface area contributed by atoms with E-state index < -0.39 is 0 Å². The van der Waals surface area contributed by atoms with Crippen molar-refractivity contribution in [1.29, 1.82) is 0 Å². The Morgan fingerprint density at radius 3 is 2.62 bits per heavy atom. The summed E-state index contributed by atoms with van der Waals surface area (Å²) in [6.07, 6.45) is 0.368. The summed E-state index contributed by atoms with van der Waals surface area (Å²) in [6.45, 7) is 6.58. The molecule has 0 saturated heterocycles. The first kappa shape index (κ1) is 15.1. The second kappa shape index (κ2) is 6.93. The van der Waals surface area contributed by atoms with Gasteiger partial charge in [0, 0.05) is 0 Å². The van der Waals surface area contributed by atoms with E-state index in [2.05, 4.69) is 18.3 Å². The maximum absolute atomic E-state index is 12.2. The zero-order chi connectivity index (χ0) is 15.2. The van der Waals surface area contributed by atoms with E-state index in [4.69, 9.17) is 4.74 Å². The second-order valence-corrected chi connectivity index (χ2v) is 5.08. The van der Waals surface area contributed by atoms with Gasteiger partial charge in [-0.15, -0.1) is 0 Å². The van der Waals surface area contributed by atoms with Crippen LogP contribution in [-0.2, 0) is 11.2 Å². The quantitative estimate of drug-likeness (QED) is 0.904. The molecule has 0 fully saturated rings. The third-order valence-corrected chi connectivity index (χ3v) is 3.31. The SMILES string of the molecule is CCOc1ccccc1NC(=O)Cc1ccc(C)cc1C. The minimum atomic E-state index is -0.0332. The molecule has 0 bridgehead atoms. The van der Waals surface area contributed by atoms with Gasteiger partial charge in [-0.2, -0.15) is 0 Å². The molecule has 0 aliphatic heterocycles. The number of anilines is 1. The number of amides is 1. The highest BCUT2D eigenvalue weighted by atomic mass is 16.5. The molecule has 110 valence electrons. The number of benzene rings is 2. The Kier molecular flexibility index (Phi) is 4.99. The van der Waals surface area contributed by atoms with E-state index in [0.29, 0.717) is 24.5 Å². The molecule has 0 spiro atoms. The van der Waals surface area contributed by atoms with Crippen LogP contribution in [0.4, 0.5) is 5.69 Å². The van der Waals surface area contributed by atoms with Gasteiger partial charge in [-0.25, -0.2) is 0 Å². The normalized spacial score (nSPS) is 10.2. The van der Waals surface area contributed by atoms with Gasteiger partial charge in [0.05, 0.1) is 18.7 Å². The van der Waals surface area contributed by atoms with Crippen molar-refractivity contribution in [2.24, 2.45) is 0 Å². The Labute approximate surface area is 126 Å². The molecular weight excluding hydrogens is 262 g/mol. The number of para-hydroxylation sites is 2. The maximum Gasteiger partial charge on any atom is 0.228 e. The number of hydrogen-bond donors (Lipinski definition) is 1. The van der Waals surface area contributed by atoms with E-state index in [1.165, 1.54) is 5.56 Å². The molecule has 1 N–H and O–H groups in total. The van der Waals surface area contributed by atoms with Crippen LogP contribution in [0.1, 0.15) is 23.6 Å². The summed E-state index contributed by atoms with van der Waals surface area (Å²) < 4.78 is 5.51. The highest BCUT2D eigenvalue weighted by molar-refractivity contribution is 5.93. The van der Waals surface area contributed by atoms with Gasteiger partial charge in [0.15, 0.2) is 0 Å². The average Bonchev–Trinajstić information content (AvgIpc) is 2.44. The lowest BCUT2D eigenvalue weighted by Crippen LogP contribution is -2.15. The fourth-order valence-electron chi connectivity index (χ4n) is 2.26. The van der Waals surface area contributed by atoms with Gasteiger partial charge in [0.2, 0.25) is 5.91 Å². The molecule has 0 aliphatic carbocycles. The number of carbonyl (C=O) groups is 1. The van der Waals surface area contributed by atoms with Crippen LogP contribution in [0, 0.1) is 13.8 Å². The van der Waals surface area contributed by atoms with Crippen molar-refractivity contribution in [1.82, 2.24) is 0 Å². The number of nitrogens with one attached hydrogen (secondary N) is 1. The molecule has 21 heavy (non-hydrogen) atoms. The lowest BCUT2D eigenvalue weighted by atomic mass is 10.0. The van der Waals surface area contributed by atoms with Crippen molar-refractivity contribution < 1.29 is 9.53 Å². The van der Waals surface area contributed by atoms with Crippen molar-refractivity contribution in [2.45, 2.75) is 27.2 Å². The molecule has 1 amide bonds. The summed E-state index contributed by atoms with van der Waals surface area (Å²) in [6, 6.07) is 13.6. The van der Waals surface area contributed by atoms with Gasteiger partial charge in [-0.05, 0) is 44.0 Å². The molecule has 0 radical (unpaired) electrons. The molecule has 0 heterocycles. The van der Waals surface area contributed by atoms with E-state index in [1.807, 2.05) is 50.2 Å². The van der Waals surface area contributed by atoms with Gasteiger partial charge in [0.25, 0.3) is 0 Å². The van der Waals surface area contributed by atoms with Gasteiger partial charge < -0.3 is 10.1 Å². The predicted octanol–water partition coefficient (Wildman–Crippen LogP) is 3.88. The largest absolute Gasteiger partial charge is 0.492 e. The summed E-state index contributed by atoms with van der Waals surface area (Å²) in [4.78, 5) is 12.2. The second-order valence-electron chi connectivity index (χ2n) is 5.08. The third-order valence-electron chi connectivity index (χ3n) is 3.31. The van der Waals surface area contributed by atoms with Crippen LogP contribution in [0.5, 0.6) is 5.75 Å². The predicted molar refractivity (Wildman–Crippen MR) is 85.9 cm³/mol. The molecule has 0 saturated carbocycles. The fraction of sp³-hybridized carbons (Fsp3) is 0.278. The van der Waals surface area contributed by atoms with E-state index in [-0.39, 0.29) is 5.91 Å². The molecule has 3 nitrogen and oxygen atoms in total. The Morgan fingerprint density at radius 2 is 1.90 bits per heavy atom. The zero-order valence-electron chi connectivity index (χ0n) is 12.8. The average molecular weight is 283 g/mol. The molecular formula is C18H21NO2. The van der Waals surface area contributed by atoms with Crippen LogP contribution >= 0.6 is 0 Å². The Bertz CT molecular complexity index is 635. The molecule has 2 rings (SSSR count). The lowest BCUT2D eigenvalue weighted by molar-refractivity contribution is -0.115. The number of aryl methyl sites for hydroxylation is 2. The maximum atomic E-state index is 12.2. The first-order chi connectivity index (χ1) is 10.1. The number of ether oxygens (including phenoxy) is 1. The lowest BCUT2D eigenvalue weighted by Gasteiger charge is -2.12. The van der Waals surface area contributed by atoms with Crippen LogP contribution in [0.3, 0.4) is 0 Å².